The molecule has 1 heterocycles. The molecule has 0 saturated carbocycles. The van der Waals surface area contributed by atoms with Gasteiger partial charge in [0.25, 0.3) is 5.91 Å². The lowest BCUT2D eigenvalue weighted by Crippen LogP contribution is -2.41. The standard InChI is InChI=1S/C13H13N3O3/c1-15-9-2-3-12-11(6-9)16(13(18)8-19-12)7-10(17)4-5-14/h2-3,6,15H,4,7-8H2,1H3. The van der Waals surface area contributed by atoms with Crippen LogP contribution in [-0.2, 0) is 9.59 Å². The Morgan fingerprint density at radius 1 is 1.58 bits per heavy atom. The summed E-state index contributed by atoms with van der Waals surface area (Å²) in [6.07, 6.45) is -0.203. The summed E-state index contributed by atoms with van der Waals surface area (Å²) >= 11 is 0. The number of rotatable bonds is 4. The van der Waals surface area contributed by atoms with E-state index in [-0.39, 0.29) is 31.3 Å². The Kier molecular flexibility index (Phi) is 3.66. The van der Waals surface area contributed by atoms with Gasteiger partial charge in [-0.05, 0) is 18.2 Å². The number of ether oxygens (including phenoxy) is 1. The molecule has 0 aliphatic carbocycles. The maximum absolute atomic E-state index is 11.8. The molecule has 19 heavy (non-hydrogen) atoms. The van der Waals surface area contributed by atoms with Crippen molar-refractivity contribution >= 4 is 23.1 Å². The number of nitriles is 1. The SMILES string of the molecule is CNc1ccc2c(c1)N(CC(=O)CC#N)C(=O)CO2. The normalized spacial score (nSPS) is 13.3. The summed E-state index contributed by atoms with van der Waals surface area (Å²) in [7, 11) is 1.76. The molecule has 1 aromatic rings. The summed E-state index contributed by atoms with van der Waals surface area (Å²) in [5.74, 6) is -0.0195. The van der Waals surface area contributed by atoms with Crippen LogP contribution in [0.2, 0.25) is 0 Å². The van der Waals surface area contributed by atoms with Gasteiger partial charge in [-0.1, -0.05) is 0 Å². The van der Waals surface area contributed by atoms with Crippen molar-refractivity contribution in [2.75, 3.05) is 30.4 Å². The number of hydrogen-bond donors (Lipinski definition) is 1. The van der Waals surface area contributed by atoms with Gasteiger partial charge in [0.2, 0.25) is 0 Å². The largest absolute Gasteiger partial charge is 0.482 e. The van der Waals surface area contributed by atoms with Crippen LogP contribution >= 0.6 is 0 Å². The molecule has 6 heteroatoms. The first-order chi connectivity index (χ1) is 9.15. The number of amides is 1. The monoisotopic (exact) mass is 259 g/mol. The highest BCUT2D eigenvalue weighted by Crippen LogP contribution is 2.34. The average Bonchev–Trinajstić information content (AvgIpc) is 2.42. The first-order valence-electron chi connectivity index (χ1n) is 5.79. The number of carbonyl (C=O) groups is 2. The van der Waals surface area contributed by atoms with Crippen LogP contribution in [0.3, 0.4) is 0 Å². The second-order valence-electron chi connectivity index (χ2n) is 4.07. The van der Waals surface area contributed by atoms with Gasteiger partial charge in [-0.15, -0.1) is 0 Å². The first-order valence-corrected chi connectivity index (χ1v) is 5.79. The number of nitrogens with zero attached hydrogens (tertiary/aromatic N) is 2. The summed E-state index contributed by atoms with van der Waals surface area (Å²) in [4.78, 5) is 24.8. The Morgan fingerprint density at radius 3 is 3.05 bits per heavy atom. The van der Waals surface area contributed by atoms with Crippen LogP contribution in [0, 0.1) is 11.3 Å². The minimum atomic E-state index is -0.293. The van der Waals surface area contributed by atoms with E-state index in [2.05, 4.69) is 5.32 Å². The van der Waals surface area contributed by atoms with Gasteiger partial charge in [0, 0.05) is 12.7 Å². The van der Waals surface area contributed by atoms with E-state index < -0.39 is 0 Å². The lowest BCUT2D eigenvalue weighted by atomic mass is 10.2. The van der Waals surface area contributed by atoms with Crippen LogP contribution < -0.4 is 15.0 Å². The highest BCUT2D eigenvalue weighted by Gasteiger charge is 2.27. The van der Waals surface area contributed by atoms with Crippen LogP contribution in [-0.4, -0.2) is 31.9 Å². The average molecular weight is 259 g/mol. The number of carbonyl (C=O) groups excluding carboxylic acids is 2. The molecule has 1 aliphatic rings. The van der Waals surface area contributed by atoms with Crippen LogP contribution in [0.4, 0.5) is 11.4 Å². The third kappa shape index (κ3) is 2.65. The molecular weight excluding hydrogens is 246 g/mol. The van der Waals surface area contributed by atoms with Gasteiger partial charge in [0.05, 0.1) is 24.7 Å². The van der Waals surface area contributed by atoms with Crippen LogP contribution in [0.1, 0.15) is 6.42 Å². The van der Waals surface area contributed by atoms with Crippen molar-refractivity contribution in [1.29, 1.82) is 5.26 Å². The van der Waals surface area contributed by atoms with E-state index in [9.17, 15) is 9.59 Å². The van der Waals surface area contributed by atoms with E-state index in [1.54, 1.807) is 25.2 Å². The fraction of sp³-hybridized carbons (Fsp3) is 0.308. The maximum atomic E-state index is 11.8. The van der Waals surface area contributed by atoms with Gasteiger partial charge in [-0.3, -0.25) is 14.5 Å². The number of nitrogens with one attached hydrogen (secondary N) is 1. The van der Waals surface area contributed by atoms with Gasteiger partial charge in [-0.25, -0.2) is 0 Å². The molecule has 0 saturated heterocycles. The molecule has 1 aliphatic heterocycles. The van der Waals surface area contributed by atoms with Gasteiger partial charge >= 0.3 is 0 Å². The van der Waals surface area contributed by atoms with Gasteiger partial charge in [-0.2, -0.15) is 5.26 Å². The number of ketones is 1. The molecule has 0 aromatic heterocycles. The third-order valence-electron chi connectivity index (χ3n) is 2.80. The second kappa shape index (κ2) is 5.40. The van der Waals surface area contributed by atoms with Crippen LogP contribution in [0.5, 0.6) is 5.75 Å². The van der Waals surface area contributed by atoms with E-state index >= 15 is 0 Å². The second-order valence-corrected chi connectivity index (χ2v) is 4.07. The van der Waals surface area contributed by atoms with Crippen molar-refractivity contribution in [2.24, 2.45) is 0 Å². The predicted octanol–water partition coefficient (Wildman–Crippen LogP) is 0.936. The zero-order chi connectivity index (χ0) is 13.8. The number of hydrogen-bond acceptors (Lipinski definition) is 5. The zero-order valence-electron chi connectivity index (χ0n) is 10.5. The van der Waals surface area contributed by atoms with Crippen LogP contribution in [0.15, 0.2) is 18.2 Å². The Balaban J connectivity index is 2.31. The van der Waals surface area contributed by atoms with E-state index in [4.69, 9.17) is 10.00 Å². The topological polar surface area (TPSA) is 82.4 Å². The van der Waals surface area contributed by atoms with Crippen molar-refractivity contribution in [3.8, 4) is 11.8 Å². The highest BCUT2D eigenvalue weighted by atomic mass is 16.5. The molecule has 0 atom stereocenters. The Labute approximate surface area is 110 Å². The summed E-state index contributed by atoms with van der Waals surface area (Å²) in [6, 6.07) is 7.10. The van der Waals surface area contributed by atoms with E-state index in [1.165, 1.54) is 4.90 Å². The Hall–Kier alpha value is -2.55. The van der Waals surface area contributed by atoms with Crippen LogP contribution in [0.25, 0.3) is 0 Å². The molecule has 0 fully saturated rings. The van der Waals surface area contributed by atoms with E-state index in [0.29, 0.717) is 11.4 Å². The number of Topliss-reactive ketones (excluding diaryl/α,β-unsaturated/α-hetero) is 1. The Morgan fingerprint density at radius 2 is 2.37 bits per heavy atom. The minimum absolute atomic E-state index is 0.0915. The van der Waals surface area contributed by atoms with Crippen molar-refractivity contribution in [2.45, 2.75) is 6.42 Å². The third-order valence-corrected chi connectivity index (χ3v) is 2.80. The minimum Gasteiger partial charge on any atom is -0.482 e. The molecule has 0 spiro atoms. The Bertz CT molecular complexity index is 563. The summed E-state index contributed by atoms with van der Waals surface area (Å²) in [5, 5.41) is 11.5. The van der Waals surface area contributed by atoms with Gasteiger partial charge in [0.15, 0.2) is 12.4 Å². The fourth-order valence-electron chi connectivity index (χ4n) is 1.85. The number of benzene rings is 1. The lowest BCUT2D eigenvalue weighted by molar-refractivity contribution is -0.124. The molecule has 0 unspecified atom stereocenters. The molecule has 1 amide bonds. The van der Waals surface area contributed by atoms with Crippen molar-refractivity contribution in [3.63, 3.8) is 0 Å². The van der Waals surface area contributed by atoms with E-state index in [0.717, 1.165) is 5.69 Å². The lowest BCUT2D eigenvalue weighted by Gasteiger charge is -2.29. The predicted molar refractivity (Wildman–Crippen MR) is 69.1 cm³/mol. The van der Waals surface area contributed by atoms with Crippen molar-refractivity contribution in [3.05, 3.63) is 18.2 Å². The number of anilines is 2. The smallest absolute Gasteiger partial charge is 0.265 e. The summed E-state index contributed by atoms with van der Waals surface area (Å²) in [6.45, 7) is -0.193. The molecule has 1 aromatic carbocycles. The number of fused-ring (bicyclic) bond motifs is 1. The first kappa shape index (κ1) is 12.9. The zero-order valence-corrected chi connectivity index (χ0v) is 10.5. The van der Waals surface area contributed by atoms with Gasteiger partial charge < -0.3 is 10.1 Å². The molecule has 1 N–H and O–H groups in total. The molecule has 0 bridgehead atoms. The van der Waals surface area contributed by atoms with Gasteiger partial charge in [0.1, 0.15) is 5.75 Å². The molecular formula is C13H13N3O3. The molecule has 2 rings (SSSR count). The summed E-state index contributed by atoms with van der Waals surface area (Å²) in [5.41, 5.74) is 1.36. The molecule has 6 nitrogen and oxygen atoms in total. The van der Waals surface area contributed by atoms with E-state index in [1.807, 2.05) is 6.07 Å². The molecule has 98 valence electrons. The highest BCUT2D eigenvalue weighted by molar-refractivity contribution is 6.03. The molecule has 0 radical (unpaired) electrons. The fourth-order valence-corrected chi connectivity index (χ4v) is 1.85. The summed E-state index contributed by atoms with van der Waals surface area (Å²) < 4.78 is 5.31. The van der Waals surface area contributed by atoms with Crippen molar-refractivity contribution in [1.82, 2.24) is 0 Å². The van der Waals surface area contributed by atoms with Crippen molar-refractivity contribution < 1.29 is 14.3 Å². The quantitative estimate of drug-likeness (QED) is 0.870. The maximum Gasteiger partial charge on any atom is 0.265 e.